The molecule has 31 heavy (non-hydrogen) atoms. The quantitative estimate of drug-likeness (QED) is 0.362. The number of nitro benzene ring substituents is 1. The maximum atomic E-state index is 12.7. The molecule has 8 heteroatoms. The third kappa shape index (κ3) is 6.28. The van der Waals surface area contributed by atoms with Gasteiger partial charge in [0.2, 0.25) is 0 Å². The summed E-state index contributed by atoms with van der Waals surface area (Å²) in [6, 6.07) is 13.4. The Hall–Kier alpha value is -3.42. The summed E-state index contributed by atoms with van der Waals surface area (Å²) in [5.41, 5.74) is 1.03. The van der Waals surface area contributed by atoms with Crippen LogP contribution in [0.3, 0.4) is 0 Å². The van der Waals surface area contributed by atoms with E-state index < -0.39 is 17.0 Å². The van der Waals surface area contributed by atoms with E-state index in [1.807, 2.05) is 58.0 Å². The summed E-state index contributed by atoms with van der Waals surface area (Å²) in [4.78, 5) is 37.8. The fourth-order valence-electron chi connectivity index (χ4n) is 3.35. The molecular weight excluding hydrogens is 398 g/mol. The monoisotopic (exact) mass is 427 g/mol. The first kappa shape index (κ1) is 23.9. The summed E-state index contributed by atoms with van der Waals surface area (Å²) in [5.74, 6) is -1.10. The molecule has 0 aliphatic carbocycles. The van der Waals surface area contributed by atoms with Gasteiger partial charge in [-0.2, -0.15) is 0 Å². The highest BCUT2D eigenvalue weighted by molar-refractivity contribution is 5.93. The zero-order valence-electron chi connectivity index (χ0n) is 18.5. The summed E-state index contributed by atoms with van der Waals surface area (Å²) in [6.07, 6.45) is -1.01. The van der Waals surface area contributed by atoms with E-state index in [9.17, 15) is 19.7 Å². The molecule has 0 aliphatic rings. The molecule has 0 saturated carbocycles. The van der Waals surface area contributed by atoms with Crippen molar-refractivity contribution in [3.63, 3.8) is 0 Å². The molecule has 0 aromatic heterocycles. The first-order valence-electron chi connectivity index (χ1n) is 10.2. The number of benzene rings is 2. The number of esters is 1. The topological polar surface area (TPSA) is 102 Å². The minimum absolute atomic E-state index is 0.0113. The van der Waals surface area contributed by atoms with Crippen molar-refractivity contribution in [2.75, 3.05) is 5.32 Å². The molecule has 2 aromatic rings. The van der Waals surface area contributed by atoms with Crippen LogP contribution >= 0.6 is 0 Å². The van der Waals surface area contributed by atoms with Crippen molar-refractivity contribution in [1.29, 1.82) is 0 Å². The number of ether oxygens (including phenoxy) is 1. The Labute approximate surface area is 182 Å². The number of carbonyl (C=O) groups is 2. The third-order valence-electron chi connectivity index (χ3n) is 4.75. The van der Waals surface area contributed by atoms with Gasteiger partial charge in [-0.1, -0.05) is 30.3 Å². The maximum Gasteiger partial charge on any atom is 0.339 e. The van der Waals surface area contributed by atoms with E-state index in [-0.39, 0.29) is 29.2 Å². The van der Waals surface area contributed by atoms with Gasteiger partial charge in [-0.15, -0.1) is 0 Å². The van der Waals surface area contributed by atoms with Crippen molar-refractivity contribution < 1.29 is 19.2 Å². The normalized spacial score (nSPS) is 11.8. The van der Waals surface area contributed by atoms with Crippen LogP contribution in [0.5, 0.6) is 0 Å². The Bertz CT molecular complexity index is 920. The van der Waals surface area contributed by atoms with Crippen LogP contribution in [0.4, 0.5) is 11.4 Å². The fourth-order valence-corrected chi connectivity index (χ4v) is 3.35. The molecule has 0 fully saturated rings. The molecule has 0 aliphatic heterocycles. The Morgan fingerprint density at radius 3 is 2.19 bits per heavy atom. The molecule has 0 radical (unpaired) electrons. The molecule has 1 atom stereocenters. The highest BCUT2D eigenvalue weighted by Gasteiger charge is 2.28. The lowest BCUT2D eigenvalue weighted by atomic mass is 10.1. The van der Waals surface area contributed by atoms with Crippen LogP contribution in [0.15, 0.2) is 48.5 Å². The number of nitrogens with zero attached hydrogens (tertiary/aromatic N) is 2. The van der Waals surface area contributed by atoms with Crippen molar-refractivity contribution in [1.82, 2.24) is 4.90 Å². The van der Waals surface area contributed by atoms with Crippen molar-refractivity contribution in [3.05, 3.63) is 69.8 Å². The number of nitro groups is 1. The lowest BCUT2D eigenvalue weighted by Gasteiger charge is -2.32. The van der Waals surface area contributed by atoms with E-state index in [0.717, 1.165) is 11.6 Å². The average Bonchev–Trinajstić information content (AvgIpc) is 2.72. The van der Waals surface area contributed by atoms with Gasteiger partial charge in [-0.05, 0) is 52.3 Å². The minimum Gasteiger partial charge on any atom is -0.449 e. The summed E-state index contributed by atoms with van der Waals surface area (Å²) in [5, 5.41) is 14.6. The lowest BCUT2D eigenvalue weighted by Crippen LogP contribution is -2.47. The second kappa shape index (κ2) is 10.6. The van der Waals surface area contributed by atoms with Crippen LogP contribution in [-0.2, 0) is 16.1 Å². The Morgan fingerprint density at radius 2 is 1.65 bits per heavy atom. The van der Waals surface area contributed by atoms with Crippen molar-refractivity contribution >= 4 is 23.3 Å². The second-order valence-electron chi connectivity index (χ2n) is 7.81. The van der Waals surface area contributed by atoms with Crippen molar-refractivity contribution in [2.45, 2.75) is 59.4 Å². The van der Waals surface area contributed by atoms with Gasteiger partial charge in [0, 0.05) is 24.7 Å². The predicted molar refractivity (Wildman–Crippen MR) is 119 cm³/mol. The number of hydrogen-bond donors (Lipinski definition) is 1. The average molecular weight is 428 g/mol. The van der Waals surface area contributed by atoms with E-state index in [1.165, 1.54) is 19.1 Å². The largest absolute Gasteiger partial charge is 0.449 e. The molecular formula is C23H29N3O5. The Morgan fingerprint density at radius 1 is 1.03 bits per heavy atom. The predicted octanol–water partition coefficient (Wildman–Crippen LogP) is 4.40. The smallest absolute Gasteiger partial charge is 0.339 e. The van der Waals surface area contributed by atoms with Gasteiger partial charge in [-0.3, -0.25) is 14.9 Å². The molecule has 0 spiro atoms. The summed E-state index contributed by atoms with van der Waals surface area (Å²) < 4.78 is 5.31. The summed E-state index contributed by atoms with van der Waals surface area (Å²) in [6.45, 7) is 9.45. The highest BCUT2D eigenvalue weighted by Crippen LogP contribution is 2.27. The van der Waals surface area contributed by atoms with Crippen LogP contribution in [-0.4, -0.2) is 39.9 Å². The number of hydrogen-bond acceptors (Lipinski definition) is 6. The molecule has 0 unspecified atom stereocenters. The van der Waals surface area contributed by atoms with E-state index in [4.69, 9.17) is 4.74 Å². The van der Waals surface area contributed by atoms with Crippen LogP contribution < -0.4 is 5.32 Å². The van der Waals surface area contributed by atoms with Gasteiger partial charge in [-0.25, -0.2) is 4.79 Å². The zero-order chi connectivity index (χ0) is 23.1. The van der Waals surface area contributed by atoms with Gasteiger partial charge in [0.05, 0.1) is 10.5 Å². The molecule has 2 rings (SSSR count). The number of amides is 1. The highest BCUT2D eigenvalue weighted by atomic mass is 16.6. The summed E-state index contributed by atoms with van der Waals surface area (Å²) >= 11 is 0. The standard InChI is InChI=1S/C23H29N3O5/c1-15(2)25(16(3)4)22(27)17(5)31-23(28)19-11-12-20(21(13-19)26(29)30)24-14-18-9-7-6-8-10-18/h6-13,15-17,24H,14H2,1-5H3/t17-/m1/s1. The third-order valence-corrected chi connectivity index (χ3v) is 4.75. The van der Waals surface area contributed by atoms with Crippen LogP contribution in [0.25, 0.3) is 0 Å². The number of rotatable bonds is 9. The van der Waals surface area contributed by atoms with Gasteiger partial charge in [0.1, 0.15) is 5.69 Å². The fraction of sp³-hybridized carbons (Fsp3) is 0.391. The van der Waals surface area contributed by atoms with Gasteiger partial charge < -0.3 is 15.0 Å². The van der Waals surface area contributed by atoms with E-state index in [0.29, 0.717) is 12.2 Å². The number of nitrogens with one attached hydrogen (secondary N) is 1. The molecule has 8 nitrogen and oxygen atoms in total. The van der Waals surface area contributed by atoms with Crippen LogP contribution in [0.2, 0.25) is 0 Å². The second-order valence-corrected chi connectivity index (χ2v) is 7.81. The molecule has 0 saturated heterocycles. The number of anilines is 1. The maximum absolute atomic E-state index is 12.7. The Kier molecular flexibility index (Phi) is 8.13. The van der Waals surface area contributed by atoms with E-state index in [2.05, 4.69) is 5.32 Å². The lowest BCUT2D eigenvalue weighted by molar-refractivity contribution is -0.384. The molecule has 1 N–H and O–H groups in total. The molecule has 166 valence electrons. The van der Waals surface area contributed by atoms with E-state index in [1.54, 1.807) is 4.90 Å². The number of carbonyl (C=O) groups excluding carboxylic acids is 2. The van der Waals surface area contributed by atoms with Gasteiger partial charge in [0.15, 0.2) is 6.10 Å². The van der Waals surface area contributed by atoms with Crippen LogP contribution in [0.1, 0.15) is 50.5 Å². The van der Waals surface area contributed by atoms with Crippen LogP contribution in [0, 0.1) is 10.1 Å². The summed E-state index contributed by atoms with van der Waals surface area (Å²) in [7, 11) is 0. The molecule has 2 aromatic carbocycles. The van der Waals surface area contributed by atoms with Crippen molar-refractivity contribution in [3.8, 4) is 0 Å². The first-order valence-corrected chi connectivity index (χ1v) is 10.2. The van der Waals surface area contributed by atoms with E-state index >= 15 is 0 Å². The minimum atomic E-state index is -1.01. The SMILES string of the molecule is CC(C)N(C(=O)[C@@H](C)OC(=O)c1ccc(NCc2ccccc2)c([N+](=O)[O-])c1)C(C)C. The molecule has 0 bridgehead atoms. The molecule has 0 heterocycles. The Balaban J connectivity index is 2.14. The van der Waals surface area contributed by atoms with Gasteiger partial charge in [0.25, 0.3) is 11.6 Å². The van der Waals surface area contributed by atoms with Crippen molar-refractivity contribution in [2.24, 2.45) is 0 Å². The first-order chi connectivity index (χ1) is 14.6. The molecule has 1 amide bonds. The zero-order valence-corrected chi connectivity index (χ0v) is 18.5. The van der Waals surface area contributed by atoms with Gasteiger partial charge >= 0.3 is 5.97 Å².